The van der Waals surface area contributed by atoms with Crippen LogP contribution in [-0.4, -0.2) is 47.7 Å². The van der Waals surface area contributed by atoms with Crippen molar-refractivity contribution < 1.29 is 28.6 Å². The number of aromatic nitrogens is 2. The van der Waals surface area contributed by atoms with Gasteiger partial charge in [-0.1, -0.05) is 34.9 Å². The van der Waals surface area contributed by atoms with Crippen molar-refractivity contribution in [3.05, 3.63) is 82.3 Å². The van der Waals surface area contributed by atoms with Crippen LogP contribution in [0, 0.1) is 6.92 Å². The van der Waals surface area contributed by atoms with E-state index in [0.29, 0.717) is 17.7 Å². The molecule has 0 saturated heterocycles. The number of amides is 1. The Hall–Kier alpha value is -4.67. The van der Waals surface area contributed by atoms with E-state index in [-0.39, 0.29) is 48.9 Å². The van der Waals surface area contributed by atoms with Gasteiger partial charge in [0.05, 0.1) is 23.3 Å². The molecule has 1 aromatic heterocycles. The standard InChI is InChI=1S/C25H26N6O6/c1-17-5-8-20(9-6-17)37-25(34)36-14-18-7-10-21(29-30-26)23(31-13-12-27-16-31)22(18)24(33)28-11-3-4-19(32)15-35-2/h5-10,12-13,16H,3-4,11,14-15H2,1-2H3,(H,28,33). The van der Waals surface area contributed by atoms with Gasteiger partial charge in [0.2, 0.25) is 0 Å². The second-order valence-corrected chi connectivity index (χ2v) is 7.91. The maximum Gasteiger partial charge on any atom is 0.514 e. The van der Waals surface area contributed by atoms with Crippen LogP contribution in [0.5, 0.6) is 5.75 Å². The third kappa shape index (κ3) is 7.66. The largest absolute Gasteiger partial charge is 0.514 e. The zero-order chi connectivity index (χ0) is 26.6. The Morgan fingerprint density at radius 1 is 1.16 bits per heavy atom. The number of methoxy groups -OCH3 is 1. The van der Waals surface area contributed by atoms with Gasteiger partial charge in [0.1, 0.15) is 19.0 Å². The zero-order valence-corrected chi connectivity index (χ0v) is 20.4. The van der Waals surface area contributed by atoms with E-state index in [0.717, 1.165) is 5.56 Å². The number of Topliss-reactive ketones (excluding diaryl/α,β-unsaturated/α-hetero) is 1. The number of carbonyl (C=O) groups excluding carboxylic acids is 3. The highest BCUT2D eigenvalue weighted by Gasteiger charge is 2.22. The second-order valence-electron chi connectivity index (χ2n) is 7.91. The van der Waals surface area contributed by atoms with E-state index >= 15 is 0 Å². The summed E-state index contributed by atoms with van der Waals surface area (Å²) in [7, 11) is 1.44. The molecule has 0 atom stereocenters. The lowest BCUT2D eigenvalue weighted by Crippen LogP contribution is -2.28. The number of aryl methyl sites for hydroxylation is 1. The predicted octanol–water partition coefficient (Wildman–Crippen LogP) is 4.56. The van der Waals surface area contributed by atoms with Crippen molar-refractivity contribution in [3.8, 4) is 11.4 Å². The summed E-state index contributed by atoms with van der Waals surface area (Å²) in [6, 6.07) is 9.90. The van der Waals surface area contributed by atoms with Gasteiger partial charge in [-0.3, -0.25) is 9.59 Å². The molecule has 0 radical (unpaired) electrons. The number of nitrogens with zero attached hydrogens (tertiary/aromatic N) is 5. The molecule has 12 heteroatoms. The summed E-state index contributed by atoms with van der Waals surface area (Å²) in [5.74, 6) is -0.278. The number of hydrogen-bond donors (Lipinski definition) is 1. The first-order chi connectivity index (χ1) is 17.9. The molecule has 0 unspecified atom stereocenters. The maximum atomic E-state index is 13.3. The monoisotopic (exact) mass is 506 g/mol. The number of rotatable bonds is 12. The van der Waals surface area contributed by atoms with E-state index in [1.165, 1.54) is 36.3 Å². The average Bonchev–Trinajstić information content (AvgIpc) is 3.42. The van der Waals surface area contributed by atoms with Crippen molar-refractivity contribution in [1.29, 1.82) is 0 Å². The maximum absolute atomic E-state index is 13.3. The summed E-state index contributed by atoms with van der Waals surface area (Å²) >= 11 is 0. The summed E-state index contributed by atoms with van der Waals surface area (Å²) in [4.78, 5) is 44.2. The number of carbonyl (C=O) groups is 3. The molecule has 37 heavy (non-hydrogen) atoms. The van der Waals surface area contributed by atoms with Crippen LogP contribution in [0.15, 0.2) is 60.2 Å². The molecule has 3 aromatic rings. The molecule has 1 amide bonds. The lowest BCUT2D eigenvalue weighted by molar-refractivity contribution is -0.122. The number of hydrogen-bond acceptors (Lipinski definition) is 8. The summed E-state index contributed by atoms with van der Waals surface area (Å²) in [6.07, 6.45) is 4.23. The Balaban J connectivity index is 1.84. The van der Waals surface area contributed by atoms with Crippen molar-refractivity contribution in [2.45, 2.75) is 26.4 Å². The smallest absolute Gasteiger partial charge is 0.429 e. The molecule has 0 aliphatic carbocycles. The zero-order valence-electron chi connectivity index (χ0n) is 20.4. The second kappa shape index (κ2) is 13.4. The molecule has 1 heterocycles. The van der Waals surface area contributed by atoms with Crippen LogP contribution >= 0.6 is 0 Å². The quantitative estimate of drug-likeness (QED) is 0.0941. The number of azide groups is 1. The van der Waals surface area contributed by atoms with E-state index in [4.69, 9.17) is 19.7 Å². The highest BCUT2D eigenvalue weighted by atomic mass is 16.7. The van der Waals surface area contributed by atoms with Crippen LogP contribution in [0.25, 0.3) is 16.1 Å². The van der Waals surface area contributed by atoms with Crippen molar-refractivity contribution >= 4 is 23.5 Å². The Labute approximate surface area is 212 Å². The minimum Gasteiger partial charge on any atom is -0.429 e. The fraction of sp³-hybridized carbons (Fsp3) is 0.280. The molecular formula is C25H26N6O6. The third-order valence-corrected chi connectivity index (χ3v) is 5.18. The van der Waals surface area contributed by atoms with Gasteiger partial charge in [-0.05, 0) is 31.0 Å². The van der Waals surface area contributed by atoms with Crippen LogP contribution in [0.2, 0.25) is 0 Å². The molecule has 12 nitrogen and oxygen atoms in total. The van der Waals surface area contributed by atoms with Gasteiger partial charge in [0.15, 0.2) is 5.78 Å². The number of ketones is 1. The van der Waals surface area contributed by atoms with Gasteiger partial charge < -0.3 is 24.1 Å². The average molecular weight is 507 g/mol. The number of imidazole rings is 1. The first-order valence-corrected chi connectivity index (χ1v) is 11.3. The van der Waals surface area contributed by atoms with Crippen LogP contribution in [0.4, 0.5) is 10.5 Å². The molecule has 0 aliphatic heterocycles. The molecule has 0 spiro atoms. The predicted molar refractivity (Wildman–Crippen MR) is 133 cm³/mol. The van der Waals surface area contributed by atoms with Crippen molar-refractivity contribution in [1.82, 2.24) is 14.9 Å². The minimum atomic E-state index is -0.949. The number of ether oxygens (including phenoxy) is 3. The first-order valence-electron chi connectivity index (χ1n) is 11.3. The fourth-order valence-corrected chi connectivity index (χ4v) is 3.45. The summed E-state index contributed by atoms with van der Waals surface area (Å²) in [6.45, 7) is 1.83. The molecule has 192 valence electrons. The fourth-order valence-electron chi connectivity index (χ4n) is 3.45. The van der Waals surface area contributed by atoms with Gasteiger partial charge in [-0.2, -0.15) is 0 Å². The van der Waals surface area contributed by atoms with Gasteiger partial charge in [-0.15, -0.1) is 0 Å². The topological polar surface area (TPSA) is 158 Å². The molecular weight excluding hydrogens is 480 g/mol. The molecule has 1 N–H and O–H groups in total. The molecule has 0 bridgehead atoms. The van der Waals surface area contributed by atoms with E-state index in [1.54, 1.807) is 30.5 Å². The highest BCUT2D eigenvalue weighted by Crippen LogP contribution is 2.31. The Bertz CT molecular complexity index is 1280. The van der Waals surface area contributed by atoms with Gasteiger partial charge >= 0.3 is 6.16 Å². The lowest BCUT2D eigenvalue weighted by atomic mass is 10.0. The molecule has 0 saturated carbocycles. The van der Waals surface area contributed by atoms with Gasteiger partial charge in [-0.25, -0.2) is 9.78 Å². The summed E-state index contributed by atoms with van der Waals surface area (Å²) < 4.78 is 16.8. The van der Waals surface area contributed by atoms with E-state index < -0.39 is 12.1 Å². The van der Waals surface area contributed by atoms with Gasteiger partial charge in [0.25, 0.3) is 5.91 Å². The lowest BCUT2D eigenvalue weighted by Gasteiger charge is -2.17. The Morgan fingerprint density at radius 3 is 2.62 bits per heavy atom. The van der Waals surface area contributed by atoms with Crippen LogP contribution in [0.3, 0.4) is 0 Å². The first kappa shape index (κ1) is 26.9. The van der Waals surface area contributed by atoms with Crippen LogP contribution in [-0.2, 0) is 20.9 Å². The van der Waals surface area contributed by atoms with Crippen molar-refractivity contribution in [2.75, 3.05) is 20.3 Å². The van der Waals surface area contributed by atoms with Crippen molar-refractivity contribution in [3.63, 3.8) is 0 Å². The van der Waals surface area contributed by atoms with Crippen LogP contribution in [0.1, 0.15) is 34.3 Å². The van der Waals surface area contributed by atoms with Crippen molar-refractivity contribution in [2.24, 2.45) is 5.11 Å². The molecule has 2 aromatic carbocycles. The minimum absolute atomic E-state index is 0.00705. The third-order valence-electron chi connectivity index (χ3n) is 5.18. The molecule has 0 fully saturated rings. The van der Waals surface area contributed by atoms with E-state index in [1.807, 2.05) is 6.92 Å². The summed E-state index contributed by atoms with van der Waals surface area (Å²) in [5, 5.41) is 6.48. The summed E-state index contributed by atoms with van der Waals surface area (Å²) in [5.41, 5.74) is 10.9. The van der Waals surface area contributed by atoms with E-state index in [9.17, 15) is 14.4 Å². The SMILES string of the molecule is COCC(=O)CCCNC(=O)c1c(COC(=O)Oc2ccc(C)cc2)ccc(N=[N+]=[N-])c1-n1ccnc1. The Morgan fingerprint density at radius 2 is 1.95 bits per heavy atom. The highest BCUT2D eigenvalue weighted by molar-refractivity contribution is 6.01. The molecule has 0 aliphatic rings. The van der Waals surface area contributed by atoms with E-state index in [2.05, 4.69) is 20.3 Å². The molecule has 3 rings (SSSR count). The number of nitrogens with one attached hydrogen (secondary N) is 1. The normalized spacial score (nSPS) is 10.3. The number of benzene rings is 2. The van der Waals surface area contributed by atoms with Gasteiger partial charge in [0, 0.05) is 42.9 Å². The Kier molecular flexibility index (Phi) is 9.77. The van der Waals surface area contributed by atoms with Crippen LogP contribution < -0.4 is 10.1 Å².